The Bertz CT molecular complexity index is 1700. The normalized spacial score (nSPS) is 11.1. The fraction of sp³-hybridized carbons (Fsp3) is 0.121. The number of esters is 1. The first-order valence-corrected chi connectivity index (χ1v) is 13.0. The molecule has 7 heteroatoms. The molecular formula is C33H29N3O4. The van der Waals surface area contributed by atoms with Gasteiger partial charge in [-0.1, -0.05) is 59.7 Å². The van der Waals surface area contributed by atoms with Gasteiger partial charge in [-0.25, -0.2) is 10.2 Å². The van der Waals surface area contributed by atoms with Crippen LogP contribution in [0.25, 0.3) is 22.0 Å². The standard InChI is InChI=1S/C33H29N3O4/c1-4-39-29-19-23(13-17-28(29)40-33(38)25-14-10-21(2)11-15-25)20-34-36-32(37)31-30(24-8-6-5-7-9-24)26-18-22(3)12-16-27(26)35-31/h5-20,35H,4H2,1-3H3,(H,36,37). The van der Waals surface area contributed by atoms with Crippen LogP contribution >= 0.6 is 0 Å². The van der Waals surface area contributed by atoms with E-state index in [1.54, 1.807) is 30.3 Å². The van der Waals surface area contributed by atoms with Gasteiger partial charge in [-0.15, -0.1) is 0 Å². The van der Waals surface area contributed by atoms with Crippen molar-refractivity contribution >= 4 is 29.0 Å². The van der Waals surface area contributed by atoms with Crippen LogP contribution < -0.4 is 14.9 Å². The zero-order valence-electron chi connectivity index (χ0n) is 22.5. The zero-order valence-corrected chi connectivity index (χ0v) is 22.5. The Morgan fingerprint density at radius 2 is 1.62 bits per heavy atom. The van der Waals surface area contributed by atoms with Crippen molar-refractivity contribution in [3.05, 3.63) is 119 Å². The second kappa shape index (κ2) is 11.7. The average Bonchev–Trinajstić information content (AvgIpc) is 3.34. The zero-order chi connectivity index (χ0) is 28.1. The molecule has 0 aliphatic carbocycles. The molecule has 0 unspecified atom stereocenters. The van der Waals surface area contributed by atoms with E-state index in [0.717, 1.165) is 33.2 Å². The molecule has 0 bridgehead atoms. The van der Waals surface area contributed by atoms with Crippen molar-refractivity contribution in [1.82, 2.24) is 10.4 Å². The van der Waals surface area contributed by atoms with Crippen molar-refractivity contribution in [2.75, 3.05) is 6.61 Å². The quantitative estimate of drug-likeness (QED) is 0.0993. The summed E-state index contributed by atoms with van der Waals surface area (Å²) in [7, 11) is 0. The minimum atomic E-state index is -0.475. The van der Waals surface area contributed by atoms with Crippen LogP contribution in [0.15, 0.2) is 96.1 Å². The Hall–Kier alpha value is -5.17. The van der Waals surface area contributed by atoms with Gasteiger partial charge in [-0.2, -0.15) is 5.10 Å². The number of nitrogens with one attached hydrogen (secondary N) is 2. The highest BCUT2D eigenvalue weighted by molar-refractivity contribution is 6.10. The van der Waals surface area contributed by atoms with Crippen LogP contribution in [0.4, 0.5) is 0 Å². The molecule has 0 spiro atoms. The number of benzene rings is 4. The second-order valence-corrected chi connectivity index (χ2v) is 9.38. The lowest BCUT2D eigenvalue weighted by molar-refractivity contribution is 0.0728. The molecule has 0 aliphatic rings. The Morgan fingerprint density at radius 1 is 0.875 bits per heavy atom. The molecule has 1 amide bonds. The van der Waals surface area contributed by atoms with Gasteiger partial charge in [0.2, 0.25) is 0 Å². The lowest BCUT2D eigenvalue weighted by Crippen LogP contribution is -2.18. The van der Waals surface area contributed by atoms with Crippen LogP contribution in [-0.4, -0.2) is 29.7 Å². The Morgan fingerprint density at radius 3 is 2.38 bits per heavy atom. The van der Waals surface area contributed by atoms with Crippen LogP contribution in [0.2, 0.25) is 0 Å². The summed E-state index contributed by atoms with van der Waals surface area (Å²) in [6.07, 6.45) is 1.51. The van der Waals surface area contributed by atoms with Crippen LogP contribution in [0.1, 0.15) is 44.5 Å². The second-order valence-electron chi connectivity index (χ2n) is 9.38. The highest BCUT2D eigenvalue weighted by Gasteiger charge is 2.19. The SMILES string of the molecule is CCOc1cc(C=NNC(=O)c2[nH]c3ccc(C)cc3c2-c2ccccc2)ccc1OC(=O)c1ccc(C)cc1. The first-order chi connectivity index (χ1) is 19.4. The van der Waals surface area contributed by atoms with Crippen LogP contribution in [0.3, 0.4) is 0 Å². The molecule has 0 saturated carbocycles. The van der Waals surface area contributed by atoms with Crippen molar-refractivity contribution in [1.29, 1.82) is 0 Å². The molecule has 0 aliphatic heterocycles. The number of amides is 1. The molecule has 200 valence electrons. The van der Waals surface area contributed by atoms with Gasteiger partial charge < -0.3 is 14.5 Å². The summed E-state index contributed by atoms with van der Waals surface area (Å²) in [5.74, 6) is -0.139. The summed E-state index contributed by atoms with van der Waals surface area (Å²) in [6, 6.07) is 28.1. The topological polar surface area (TPSA) is 92.8 Å². The molecule has 4 aromatic carbocycles. The largest absolute Gasteiger partial charge is 0.490 e. The summed E-state index contributed by atoms with van der Waals surface area (Å²) in [4.78, 5) is 29.1. The van der Waals surface area contributed by atoms with Crippen molar-refractivity contribution in [3.63, 3.8) is 0 Å². The number of rotatable bonds is 8. The number of hydrazone groups is 1. The molecule has 0 radical (unpaired) electrons. The van der Waals surface area contributed by atoms with Crippen molar-refractivity contribution in [2.45, 2.75) is 20.8 Å². The molecule has 0 atom stereocenters. The smallest absolute Gasteiger partial charge is 0.343 e. The number of hydrogen-bond acceptors (Lipinski definition) is 5. The minimum Gasteiger partial charge on any atom is -0.490 e. The van der Waals surface area contributed by atoms with E-state index in [1.165, 1.54) is 6.21 Å². The van der Waals surface area contributed by atoms with Crippen LogP contribution in [-0.2, 0) is 0 Å². The summed E-state index contributed by atoms with van der Waals surface area (Å²) < 4.78 is 11.3. The van der Waals surface area contributed by atoms with Gasteiger partial charge in [0.1, 0.15) is 5.69 Å². The van der Waals surface area contributed by atoms with E-state index in [4.69, 9.17) is 9.47 Å². The highest BCUT2D eigenvalue weighted by Crippen LogP contribution is 2.33. The van der Waals surface area contributed by atoms with Gasteiger partial charge >= 0.3 is 5.97 Å². The van der Waals surface area contributed by atoms with Crippen LogP contribution in [0.5, 0.6) is 11.5 Å². The van der Waals surface area contributed by atoms with Gasteiger partial charge in [0.15, 0.2) is 11.5 Å². The number of aromatic amines is 1. The fourth-order valence-corrected chi connectivity index (χ4v) is 4.41. The monoisotopic (exact) mass is 531 g/mol. The summed E-state index contributed by atoms with van der Waals surface area (Å²) in [5.41, 5.74) is 8.96. The molecule has 5 rings (SSSR count). The third-order valence-corrected chi connectivity index (χ3v) is 6.38. The summed E-state index contributed by atoms with van der Waals surface area (Å²) in [5, 5.41) is 5.15. The summed E-state index contributed by atoms with van der Waals surface area (Å²) in [6.45, 7) is 6.21. The summed E-state index contributed by atoms with van der Waals surface area (Å²) >= 11 is 0. The van der Waals surface area contributed by atoms with E-state index in [2.05, 4.69) is 21.6 Å². The van der Waals surface area contributed by atoms with E-state index < -0.39 is 5.97 Å². The fourth-order valence-electron chi connectivity index (χ4n) is 4.41. The van der Waals surface area contributed by atoms with E-state index in [0.29, 0.717) is 34.9 Å². The number of carbonyl (C=O) groups is 2. The van der Waals surface area contributed by atoms with E-state index in [9.17, 15) is 9.59 Å². The van der Waals surface area contributed by atoms with Gasteiger partial charge in [0, 0.05) is 16.5 Å². The van der Waals surface area contributed by atoms with Crippen molar-refractivity contribution in [3.8, 4) is 22.6 Å². The number of carbonyl (C=O) groups excluding carboxylic acids is 2. The predicted octanol–water partition coefficient (Wildman–Crippen LogP) is 6.83. The number of aryl methyl sites for hydroxylation is 2. The maximum atomic E-state index is 13.2. The first-order valence-electron chi connectivity index (χ1n) is 13.0. The van der Waals surface area contributed by atoms with Crippen molar-refractivity contribution < 1.29 is 19.1 Å². The molecular weight excluding hydrogens is 502 g/mol. The predicted molar refractivity (Wildman–Crippen MR) is 157 cm³/mol. The number of nitrogens with zero attached hydrogens (tertiary/aromatic N) is 1. The minimum absolute atomic E-state index is 0.300. The van der Waals surface area contributed by atoms with Gasteiger partial charge in [-0.3, -0.25) is 4.79 Å². The van der Waals surface area contributed by atoms with E-state index in [1.807, 2.05) is 75.4 Å². The van der Waals surface area contributed by atoms with Gasteiger partial charge in [0.25, 0.3) is 5.91 Å². The number of ether oxygens (including phenoxy) is 2. The van der Waals surface area contributed by atoms with Gasteiger partial charge in [0.05, 0.1) is 18.4 Å². The number of aromatic nitrogens is 1. The van der Waals surface area contributed by atoms with Gasteiger partial charge in [-0.05, 0) is 74.4 Å². The highest BCUT2D eigenvalue weighted by atomic mass is 16.6. The molecule has 40 heavy (non-hydrogen) atoms. The first kappa shape index (κ1) is 26.4. The molecule has 2 N–H and O–H groups in total. The maximum absolute atomic E-state index is 13.2. The third kappa shape index (κ3) is 5.78. The number of H-pyrrole nitrogens is 1. The van der Waals surface area contributed by atoms with E-state index in [-0.39, 0.29) is 5.91 Å². The lowest BCUT2D eigenvalue weighted by atomic mass is 10.0. The van der Waals surface area contributed by atoms with Crippen LogP contribution in [0, 0.1) is 13.8 Å². The molecule has 7 nitrogen and oxygen atoms in total. The lowest BCUT2D eigenvalue weighted by Gasteiger charge is -2.11. The average molecular weight is 532 g/mol. The van der Waals surface area contributed by atoms with Crippen molar-refractivity contribution in [2.24, 2.45) is 5.10 Å². The molecule has 0 fully saturated rings. The Balaban J connectivity index is 1.35. The molecule has 0 saturated heterocycles. The molecule has 1 aromatic heterocycles. The van der Waals surface area contributed by atoms with E-state index >= 15 is 0 Å². The molecule has 5 aromatic rings. The third-order valence-electron chi connectivity index (χ3n) is 6.38. The number of fused-ring (bicyclic) bond motifs is 1. The number of hydrogen-bond donors (Lipinski definition) is 2. The molecule has 1 heterocycles. The Kier molecular flexibility index (Phi) is 7.73. The maximum Gasteiger partial charge on any atom is 0.343 e. The Labute approximate surface area is 232 Å².